The van der Waals surface area contributed by atoms with Gasteiger partial charge in [0.25, 0.3) is 5.56 Å². The summed E-state index contributed by atoms with van der Waals surface area (Å²) in [6, 6.07) is 20.5. The van der Waals surface area contributed by atoms with Crippen molar-refractivity contribution in [1.29, 1.82) is 5.26 Å². The molecule has 8 heteroatoms. The molecule has 0 aliphatic carbocycles. The molecule has 2 aromatic heterocycles. The Kier molecular flexibility index (Phi) is 5.93. The van der Waals surface area contributed by atoms with Gasteiger partial charge in [-0.1, -0.05) is 53.3 Å². The van der Waals surface area contributed by atoms with Gasteiger partial charge in [0.1, 0.15) is 6.61 Å². The number of halogens is 1. The number of nitrogens with zero attached hydrogens (tertiary/aromatic N) is 3. The molecule has 2 heterocycles. The molecule has 0 spiro atoms. The lowest BCUT2D eigenvalue weighted by Gasteiger charge is -2.15. The Bertz CT molecular complexity index is 1680. The molecule has 0 atom stereocenters. The maximum absolute atomic E-state index is 13.1. The number of hydrogen-bond acceptors (Lipinski definition) is 6. The summed E-state index contributed by atoms with van der Waals surface area (Å²) in [6.45, 7) is 2.46. The van der Waals surface area contributed by atoms with E-state index in [1.165, 1.54) is 11.3 Å². The van der Waals surface area contributed by atoms with Crippen molar-refractivity contribution in [2.45, 2.75) is 13.5 Å². The predicted molar refractivity (Wildman–Crippen MR) is 134 cm³/mol. The molecule has 34 heavy (non-hydrogen) atoms. The van der Waals surface area contributed by atoms with Gasteiger partial charge in [-0.15, -0.1) is 0 Å². The molecule has 0 saturated carbocycles. The summed E-state index contributed by atoms with van der Waals surface area (Å²) in [7, 11) is 0. The first-order valence-corrected chi connectivity index (χ1v) is 11.8. The number of hydrogen-bond donors (Lipinski definition) is 0. The average molecular weight is 488 g/mol. The van der Waals surface area contributed by atoms with Gasteiger partial charge in [0.2, 0.25) is 0 Å². The Morgan fingerprint density at radius 1 is 1.15 bits per heavy atom. The van der Waals surface area contributed by atoms with Crippen molar-refractivity contribution in [3.63, 3.8) is 0 Å². The Morgan fingerprint density at radius 2 is 1.94 bits per heavy atom. The lowest BCUT2D eigenvalue weighted by Crippen LogP contribution is -2.22. The van der Waals surface area contributed by atoms with Crippen molar-refractivity contribution in [3.05, 3.63) is 97.3 Å². The van der Waals surface area contributed by atoms with Crippen LogP contribution in [0.4, 0.5) is 0 Å². The molecule has 0 saturated heterocycles. The number of ether oxygens (including phenoxy) is 2. The number of fused-ring (bicyclic) bond motifs is 3. The zero-order valence-corrected chi connectivity index (χ0v) is 19.7. The first kappa shape index (κ1) is 22.0. The van der Waals surface area contributed by atoms with E-state index in [1.54, 1.807) is 34.7 Å². The molecular weight excluding hydrogens is 470 g/mol. The zero-order chi connectivity index (χ0) is 23.7. The average Bonchev–Trinajstić information content (AvgIpc) is 3.35. The van der Waals surface area contributed by atoms with E-state index in [2.05, 4.69) is 11.1 Å². The van der Waals surface area contributed by atoms with Crippen molar-refractivity contribution >= 4 is 45.0 Å². The fraction of sp³-hybridized carbons (Fsp3) is 0.115. The standard InChI is InChI=1S/C26H18ClN3O3S/c1-2-32-22-12-16(11-19(27)24(22)33-15-18-8-4-3-7-17(18)14-28)13-23-25(31)30-21-10-6-5-9-20(21)29-26(30)34-23/h3-13H,2,15H2,1H3/b23-13-. The quantitative estimate of drug-likeness (QED) is 0.338. The van der Waals surface area contributed by atoms with E-state index < -0.39 is 0 Å². The fourth-order valence-electron chi connectivity index (χ4n) is 3.74. The highest BCUT2D eigenvalue weighted by molar-refractivity contribution is 7.15. The summed E-state index contributed by atoms with van der Waals surface area (Å²) in [5, 5.41) is 9.66. The van der Waals surface area contributed by atoms with E-state index in [1.807, 2.05) is 43.3 Å². The van der Waals surface area contributed by atoms with Gasteiger partial charge in [0, 0.05) is 5.56 Å². The first-order chi connectivity index (χ1) is 16.6. The third-order valence-corrected chi connectivity index (χ3v) is 6.53. The third-order valence-electron chi connectivity index (χ3n) is 5.28. The van der Waals surface area contributed by atoms with Gasteiger partial charge in [-0.05, 0) is 48.9 Å². The summed E-state index contributed by atoms with van der Waals surface area (Å²) < 4.78 is 13.9. The smallest absolute Gasteiger partial charge is 0.274 e. The number of benzene rings is 3. The minimum atomic E-state index is -0.129. The molecule has 5 rings (SSSR count). The third kappa shape index (κ3) is 3.98. The molecule has 0 radical (unpaired) electrons. The van der Waals surface area contributed by atoms with Gasteiger partial charge >= 0.3 is 0 Å². The molecule has 0 unspecified atom stereocenters. The molecule has 0 amide bonds. The minimum absolute atomic E-state index is 0.129. The minimum Gasteiger partial charge on any atom is -0.490 e. The Morgan fingerprint density at radius 3 is 2.76 bits per heavy atom. The number of thiazole rings is 1. The molecular formula is C26H18ClN3O3S. The molecule has 0 bridgehead atoms. The van der Waals surface area contributed by atoms with Crippen LogP contribution < -0.4 is 19.6 Å². The summed E-state index contributed by atoms with van der Waals surface area (Å²) in [5.41, 5.74) is 3.45. The highest BCUT2D eigenvalue weighted by atomic mass is 35.5. The topological polar surface area (TPSA) is 76.6 Å². The van der Waals surface area contributed by atoms with Gasteiger partial charge in [0.15, 0.2) is 16.5 Å². The second-order valence-electron chi connectivity index (χ2n) is 7.45. The summed E-state index contributed by atoms with van der Waals surface area (Å²) in [5.74, 6) is 0.859. The van der Waals surface area contributed by atoms with Crippen LogP contribution in [0.5, 0.6) is 11.5 Å². The van der Waals surface area contributed by atoms with Crippen LogP contribution in [0.3, 0.4) is 0 Å². The summed E-state index contributed by atoms with van der Waals surface area (Å²) in [4.78, 5) is 18.3. The van der Waals surface area contributed by atoms with Crippen molar-refractivity contribution in [3.8, 4) is 17.6 Å². The van der Waals surface area contributed by atoms with Crippen molar-refractivity contribution in [1.82, 2.24) is 9.38 Å². The van der Waals surface area contributed by atoms with E-state index in [0.29, 0.717) is 43.7 Å². The normalized spacial score (nSPS) is 11.7. The van der Waals surface area contributed by atoms with Crippen LogP contribution in [-0.2, 0) is 6.61 Å². The molecule has 0 aliphatic heterocycles. The summed E-state index contributed by atoms with van der Waals surface area (Å²) >= 11 is 7.89. The molecule has 3 aromatic carbocycles. The molecule has 5 aromatic rings. The Labute approximate surface area is 203 Å². The molecule has 168 valence electrons. The number of rotatable bonds is 6. The van der Waals surface area contributed by atoms with E-state index in [0.717, 1.165) is 16.6 Å². The first-order valence-electron chi connectivity index (χ1n) is 10.6. The van der Waals surface area contributed by atoms with Crippen molar-refractivity contribution < 1.29 is 9.47 Å². The number of para-hydroxylation sites is 2. The Balaban J connectivity index is 1.53. The van der Waals surface area contributed by atoms with Crippen LogP contribution in [0.2, 0.25) is 5.02 Å². The van der Waals surface area contributed by atoms with E-state index in [9.17, 15) is 10.1 Å². The van der Waals surface area contributed by atoms with Gasteiger partial charge in [-0.25, -0.2) is 9.38 Å². The highest BCUT2D eigenvalue weighted by Crippen LogP contribution is 2.37. The molecule has 0 N–H and O–H groups in total. The number of aromatic nitrogens is 2. The lowest BCUT2D eigenvalue weighted by molar-refractivity contribution is 0.269. The largest absolute Gasteiger partial charge is 0.490 e. The second-order valence-corrected chi connectivity index (χ2v) is 8.87. The van der Waals surface area contributed by atoms with Crippen LogP contribution in [0.15, 0.2) is 65.5 Å². The maximum atomic E-state index is 13.1. The predicted octanol–water partition coefficient (Wildman–Crippen LogP) is 4.96. The lowest BCUT2D eigenvalue weighted by atomic mass is 10.1. The van der Waals surface area contributed by atoms with Crippen LogP contribution in [0, 0.1) is 11.3 Å². The van der Waals surface area contributed by atoms with E-state index in [4.69, 9.17) is 21.1 Å². The monoisotopic (exact) mass is 487 g/mol. The van der Waals surface area contributed by atoms with E-state index >= 15 is 0 Å². The van der Waals surface area contributed by atoms with Crippen LogP contribution in [0.1, 0.15) is 23.6 Å². The van der Waals surface area contributed by atoms with Crippen molar-refractivity contribution in [2.75, 3.05) is 6.61 Å². The zero-order valence-electron chi connectivity index (χ0n) is 18.1. The fourth-order valence-corrected chi connectivity index (χ4v) is 5.00. The molecule has 6 nitrogen and oxygen atoms in total. The van der Waals surface area contributed by atoms with Gasteiger partial charge in [-0.3, -0.25) is 4.79 Å². The van der Waals surface area contributed by atoms with Crippen molar-refractivity contribution in [2.24, 2.45) is 0 Å². The van der Waals surface area contributed by atoms with Crippen LogP contribution in [0.25, 0.3) is 22.1 Å². The number of nitriles is 1. The SMILES string of the molecule is CCOc1cc(/C=c2\sc3nc4ccccc4n3c2=O)cc(Cl)c1OCc1ccccc1C#N. The second kappa shape index (κ2) is 9.18. The maximum Gasteiger partial charge on any atom is 0.274 e. The number of imidazole rings is 1. The van der Waals surface area contributed by atoms with Gasteiger partial charge in [0.05, 0.1) is 38.8 Å². The van der Waals surface area contributed by atoms with Gasteiger partial charge < -0.3 is 9.47 Å². The summed E-state index contributed by atoms with van der Waals surface area (Å²) in [6.07, 6.45) is 1.78. The highest BCUT2D eigenvalue weighted by Gasteiger charge is 2.15. The Hall–Kier alpha value is -3.86. The molecule has 0 aliphatic rings. The molecule has 0 fully saturated rings. The van der Waals surface area contributed by atoms with E-state index in [-0.39, 0.29) is 12.2 Å². The van der Waals surface area contributed by atoms with Crippen LogP contribution >= 0.6 is 22.9 Å². The van der Waals surface area contributed by atoms with Gasteiger partial charge in [-0.2, -0.15) is 5.26 Å². The van der Waals surface area contributed by atoms with Crippen LogP contribution in [-0.4, -0.2) is 16.0 Å².